The number of halogens is 1. The quantitative estimate of drug-likeness (QED) is 0.781. The Balaban J connectivity index is 2.81. The molecule has 0 aliphatic carbocycles. The average Bonchev–Trinajstić information content (AvgIpc) is 2.49. The number of sulfonamides is 1. The van der Waals surface area contributed by atoms with E-state index in [2.05, 4.69) is 0 Å². The van der Waals surface area contributed by atoms with Crippen molar-refractivity contribution in [3.8, 4) is 0 Å². The molecule has 1 aromatic heterocycles. The van der Waals surface area contributed by atoms with Crippen LogP contribution in [0.3, 0.4) is 0 Å². The van der Waals surface area contributed by atoms with Crippen LogP contribution in [-0.2, 0) is 14.8 Å². The van der Waals surface area contributed by atoms with Crippen LogP contribution < -0.4 is 10.3 Å². The van der Waals surface area contributed by atoms with E-state index in [1.165, 1.54) is 19.1 Å². The lowest BCUT2D eigenvalue weighted by atomic mass is 10.7. The molecule has 5 nitrogen and oxygen atoms in total. The number of thiophene rings is 1. The van der Waals surface area contributed by atoms with E-state index in [9.17, 15) is 13.2 Å². The molecule has 0 fully saturated rings. The van der Waals surface area contributed by atoms with E-state index in [0.29, 0.717) is 4.34 Å². The second-order valence-corrected chi connectivity index (χ2v) is 5.97. The zero-order valence-electron chi connectivity index (χ0n) is 7.07. The summed E-state index contributed by atoms with van der Waals surface area (Å²) in [6.07, 6.45) is 0. The number of rotatable bonds is 3. The van der Waals surface area contributed by atoms with Crippen molar-refractivity contribution in [3.63, 3.8) is 0 Å². The predicted molar refractivity (Wildman–Crippen MR) is 53.5 cm³/mol. The van der Waals surface area contributed by atoms with Crippen LogP contribution in [0.4, 0.5) is 0 Å². The summed E-state index contributed by atoms with van der Waals surface area (Å²) in [7, 11) is -3.68. The molecule has 2 N–H and O–H groups in total. The average molecular weight is 255 g/mol. The van der Waals surface area contributed by atoms with E-state index in [-0.39, 0.29) is 4.21 Å². The van der Waals surface area contributed by atoms with Crippen molar-refractivity contribution in [2.75, 3.05) is 0 Å². The third kappa shape index (κ3) is 2.95. The minimum absolute atomic E-state index is 0.0521. The summed E-state index contributed by atoms with van der Waals surface area (Å²) in [4.78, 5) is 12.4. The number of carbonyl (C=O) groups excluding carboxylic acids is 1. The molecule has 78 valence electrons. The van der Waals surface area contributed by atoms with Crippen LogP contribution in [0.25, 0.3) is 0 Å². The zero-order chi connectivity index (χ0) is 10.8. The minimum atomic E-state index is -3.68. The highest BCUT2D eigenvalue weighted by Crippen LogP contribution is 2.24. The highest BCUT2D eigenvalue weighted by molar-refractivity contribution is 7.91. The molecule has 0 unspecified atom stereocenters. The van der Waals surface area contributed by atoms with Gasteiger partial charge in [-0.15, -0.1) is 16.2 Å². The van der Waals surface area contributed by atoms with Crippen molar-refractivity contribution in [1.29, 1.82) is 0 Å². The van der Waals surface area contributed by atoms with Crippen molar-refractivity contribution >= 4 is 38.9 Å². The molecular formula is C6H7ClN2O3S2. The molecular weight excluding hydrogens is 248 g/mol. The minimum Gasteiger partial charge on any atom is -0.278 e. The van der Waals surface area contributed by atoms with Crippen LogP contribution in [0, 0.1) is 0 Å². The number of hydrazine groups is 1. The number of hydrogen-bond acceptors (Lipinski definition) is 4. The summed E-state index contributed by atoms with van der Waals surface area (Å²) in [6.45, 7) is 1.20. The maximum absolute atomic E-state index is 11.4. The molecule has 1 aromatic rings. The third-order valence-corrected chi connectivity index (χ3v) is 4.15. The lowest BCUT2D eigenvalue weighted by Crippen LogP contribution is -2.39. The van der Waals surface area contributed by atoms with Gasteiger partial charge in [0.1, 0.15) is 4.21 Å². The first-order valence-electron chi connectivity index (χ1n) is 3.45. The van der Waals surface area contributed by atoms with E-state index in [1.807, 2.05) is 10.3 Å². The fraction of sp³-hybridized carbons (Fsp3) is 0.167. The van der Waals surface area contributed by atoms with Gasteiger partial charge in [-0.1, -0.05) is 11.6 Å². The molecule has 8 heteroatoms. The Hall–Kier alpha value is -0.630. The largest absolute Gasteiger partial charge is 0.278 e. The standard InChI is InChI=1S/C6H7ClN2O3S2/c1-4(10)8-9-14(11,12)6-3-2-5(7)13-6/h2-3,9H,1H3,(H,8,10). The molecule has 1 rings (SSSR count). The van der Waals surface area contributed by atoms with E-state index in [4.69, 9.17) is 11.6 Å². The summed E-state index contributed by atoms with van der Waals surface area (Å²) in [5.74, 6) is -0.490. The van der Waals surface area contributed by atoms with E-state index in [1.54, 1.807) is 0 Å². The summed E-state index contributed by atoms with van der Waals surface area (Å²) in [5, 5.41) is 0. The van der Waals surface area contributed by atoms with Crippen LogP contribution in [0.15, 0.2) is 16.3 Å². The number of hydrogen-bond donors (Lipinski definition) is 2. The van der Waals surface area contributed by atoms with E-state index < -0.39 is 15.9 Å². The summed E-state index contributed by atoms with van der Waals surface area (Å²) in [6, 6.07) is 2.83. The Bertz CT molecular complexity index is 440. The first-order valence-corrected chi connectivity index (χ1v) is 6.13. The van der Waals surface area contributed by atoms with Crippen LogP contribution in [0.5, 0.6) is 0 Å². The van der Waals surface area contributed by atoms with Gasteiger partial charge in [-0.2, -0.15) is 0 Å². The highest BCUT2D eigenvalue weighted by Gasteiger charge is 2.16. The van der Waals surface area contributed by atoms with Gasteiger partial charge in [-0.05, 0) is 12.1 Å². The molecule has 0 aromatic carbocycles. The Morgan fingerprint density at radius 1 is 1.50 bits per heavy atom. The van der Waals surface area contributed by atoms with E-state index >= 15 is 0 Å². The van der Waals surface area contributed by atoms with E-state index in [0.717, 1.165) is 11.3 Å². The molecule has 0 bridgehead atoms. The van der Waals surface area contributed by atoms with Gasteiger partial charge in [0.15, 0.2) is 0 Å². The molecule has 14 heavy (non-hydrogen) atoms. The Morgan fingerprint density at radius 3 is 2.57 bits per heavy atom. The second kappa shape index (κ2) is 4.26. The number of nitrogens with one attached hydrogen (secondary N) is 2. The van der Waals surface area contributed by atoms with Crippen molar-refractivity contribution < 1.29 is 13.2 Å². The first-order chi connectivity index (χ1) is 6.42. The maximum atomic E-state index is 11.4. The van der Waals surface area contributed by atoms with Gasteiger partial charge in [0.25, 0.3) is 10.0 Å². The third-order valence-electron chi connectivity index (χ3n) is 1.17. The van der Waals surface area contributed by atoms with Gasteiger partial charge in [0.2, 0.25) is 5.91 Å². The van der Waals surface area contributed by atoms with Gasteiger partial charge < -0.3 is 0 Å². The highest BCUT2D eigenvalue weighted by atomic mass is 35.5. The monoisotopic (exact) mass is 254 g/mol. The lowest BCUT2D eigenvalue weighted by Gasteiger charge is -2.03. The lowest BCUT2D eigenvalue weighted by molar-refractivity contribution is -0.119. The van der Waals surface area contributed by atoms with Crippen LogP contribution in [0.2, 0.25) is 4.34 Å². The zero-order valence-corrected chi connectivity index (χ0v) is 9.46. The molecule has 0 aliphatic heterocycles. The second-order valence-electron chi connectivity index (χ2n) is 2.35. The van der Waals surface area contributed by atoms with Gasteiger partial charge in [-0.3, -0.25) is 10.2 Å². The van der Waals surface area contributed by atoms with Gasteiger partial charge in [0.05, 0.1) is 4.34 Å². The summed E-state index contributed by atoms with van der Waals surface area (Å²) in [5.41, 5.74) is 1.98. The Kier molecular flexibility index (Phi) is 3.48. The topological polar surface area (TPSA) is 75.3 Å². The molecule has 0 aliphatic rings. The Labute approximate surface area is 90.1 Å². The van der Waals surface area contributed by atoms with Crippen molar-refractivity contribution in [1.82, 2.24) is 10.3 Å². The molecule has 0 atom stereocenters. The molecule has 0 saturated heterocycles. The smallest absolute Gasteiger partial charge is 0.266 e. The summed E-state index contributed by atoms with van der Waals surface area (Å²) >= 11 is 6.48. The van der Waals surface area contributed by atoms with Crippen LogP contribution in [0.1, 0.15) is 6.92 Å². The number of carbonyl (C=O) groups is 1. The maximum Gasteiger partial charge on any atom is 0.266 e. The van der Waals surface area contributed by atoms with Crippen molar-refractivity contribution in [2.45, 2.75) is 11.1 Å². The normalized spacial score (nSPS) is 11.3. The molecule has 0 radical (unpaired) electrons. The SMILES string of the molecule is CC(=O)NNS(=O)(=O)c1ccc(Cl)s1. The molecule has 0 spiro atoms. The van der Waals surface area contributed by atoms with Crippen molar-refractivity contribution in [2.24, 2.45) is 0 Å². The number of amides is 1. The van der Waals surface area contributed by atoms with Gasteiger partial charge in [0, 0.05) is 6.92 Å². The first kappa shape index (κ1) is 11.4. The Morgan fingerprint density at radius 2 is 2.14 bits per heavy atom. The van der Waals surface area contributed by atoms with Crippen molar-refractivity contribution in [3.05, 3.63) is 16.5 Å². The molecule has 1 heterocycles. The van der Waals surface area contributed by atoms with Gasteiger partial charge >= 0.3 is 0 Å². The predicted octanol–water partition coefficient (Wildman–Crippen LogP) is 0.731. The molecule has 1 amide bonds. The molecule has 0 saturated carbocycles. The van der Waals surface area contributed by atoms with Crippen LogP contribution in [-0.4, -0.2) is 14.3 Å². The fourth-order valence-corrected chi connectivity index (χ4v) is 3.00. The summed E-state index contributed by atoms with van der Waals surface area (Å²) < 4.78 is 23.2. The fourth-order valence-electron chi connectivity index (χ4n) is 0.631. The van der Waals surface area contributed by atoms with Crippen LogP contribution >= 0.6 is 22.9 Å². The van der Waals surface area contributed by atoms with Gasteiger partial charge in [-0.25, -0.2) is 8.42 Å².